The average Bonchev–Trinajstić information content (AvgIpc) is 2.84. The normalized spacial score (nSPS) is 15.6. The quantitative estimate of drug-likeness (QED) is 0.781. The lowest BCUT2D eigenvalue weighted by atomic mass is 10.2. The summed E-state index contributed by atoms with van der Waals surface area (Å²) in [6.45, 7) is 1.87. The van der Waals surface area contributed by atoms with Crippen molar-refractivity contribution < 1.29 is 4.39 Å². The Balaban J connectivity index is 1.64. The van der Waals surface area contributed by atoms with E-state index in [0.717, 1.165) is 22.0 Å². The van der Waals surface area contributed by atoms with Gasteiger partial charge in [0.1, 0.15) is 6.17 Å². The molecule has 1 aromatic heterocycles. The highest BCUT2D eigenvalue weighted by Gasteiger charge is 2.26. The number of thiazole rings is 1. The summed E-state index contributed by atoms with van der Waals surface area (Å²) in [4.78, 5) is 7.51. The molecule has 0 unspecified atom stereocenters. The van der Waals surface area contributed by atoms with Crippen LogP contribution < -0.4 is 0 Å². The lowest BCUT2D eigenvalue weighted by Gasteiger charge is -2.33. The Kier molecular flexibility index (Phi) is 3.58. The van der Waals surface area contributed by atoms with Crippen molar-refractivity contribution in [2.75, 3.05) is 13.1 Å². The maximum atomic E-state index is 12.7. The van der Waals surface area contributed by atoms with Crippen LogP contribution in [0, 0.1) is 11.8 Å². The Bertz CT molecular complexity index is 606. The minimum atomic E-state index is -0.648. The highest BCUT2D eigenvalue weighted by Crippen LogP contribution is 2.19. The van der Waals surface area contributed by atoms with Gasteiger partial charge in [0, 0.05) is 36.3 Å². The highest BCUT2D eigenvalue weighted by molar-refractivity contribution is 7.12. The third-order valence-corrected chi connectivity index (χ3v) is 3.83. The number of likely N-dealkylation sites (tertiary alicyclic amines) is 1. The van der Waals surface area contributed by atoms with Crippen molar-refractivity contribution >= 4 is 11.3 Å². The lowest BCUT2D eigenvalue weighted by molar-refractivity contribution is 0.0599. The van der Waals surface area contributed by atoms with E-state index in [2.05, 4.69) is 21.7 Å². The molecule has 1 aliphatic rings. The van der Waals surface area contributed by atoms with Crippen LogP contribution in [-0.4, -0.2) is 29.1 Å². The molecule has 0 spiro atoms. The van der Waals surface area contributed by atoms with Gasteiger partial charge in [-0.05, 0) is 18.1 Å². The Labute approximate surface area is 115 Å². The molecular weight excluding hydrogens is 259 g/mol. The Hall–Kier alpha value is -1.70. The fourth-order valence-electron chi connectivity index (χ4n) is 1.94. The third kappa shape index (κ3) is 3.19. The van der Waals surface area contributed by atoms with Crippen LogP contribution in [0.25, 0.3) is 0 Å². The maximum absolute atomic E-state index is 12.7. The number of aromatic nitrogens is 1. The van der Waals surface area contributed by atoms with Gasteiger partial charge in [0.2, 0.25) is 0 Å². The van der Waals surface area contributed by atoms with E-state index in [1.165, 1.54) is 0 Å². The highest BCUT2D eigenvalue weighted by atomic mass is 32.1. The SMILES string of the molecule is FC1CN(Cc2cnc(C#Cc3ccccc3)s2)C1. The van der Waals surface area contributed by atoms with Crippen LogP contribution in [-0.2, 0) is 6.54 Å². The van der Waals surface area contributed by atoms with Gasteiger partial charge in [-0.3, -0.25) is 4.90 Å². The van der Waals surface area contributed by atoms with E-state index in [4.69, 9.17) is 0 Å². The summed E-state index contributed by atoms with van der Waals surface area (Å²) in [5, 5.41) is 0.816. The monoisotopic (exact) mass is 272 g/mol. The van der Waals surface area contributed by atoms with Crippen molar-refractivity contribution in [3.8, 4) is 11.8 Å². The summed E-state index contributed by atoms with van der Waals surface area (Å²) < 4.78 is 12.7. The van der Waals surface area contributed by atoms with Gasteiger partial charge in [-0.15, -0.1) is 11.3 Å². The summed E-state index contributed by atoms with van der Waals surface area (Å²) in [7, 11) is 0. The van der Waals surface area contributed by atoms with Crippen LogP contribution in [0.3, 0.4) is 0 Å². The molecule has 96 valence electrons. The summed E-state index contributed by atoms with van der Waals surface area (Å²) >= 11 is 1.58. The van der Waals surface area contributed by atoms with E-state index in [1.807, 2.05) is 36.5 Å². The fraction of sp³-hybridized carbons (Fsp3) is 0.267. The van der Waals surface area contributed by atoms with Gasteiger partial charge < -0.3 is 0 Å². The van der Waals surface area contributed by atoms with Crippen molar-refractivity contribution in [1.82, 2.24) is 9.88 Å². The molecule has 19 heavy (non-hydrogen) atoms. The lowest BCUT2D eigenvalue weighted by Crippen LogP contribution is -2.47. The van der Waals surface area contributed by atoms with Crippen molar-refractivity contribution in [2.24, 2.45) is 0 Å². The molecular formula is C15H13FN2S. The van der Waals surface area contributed by atoms with Gasteiger partial charge in [-0.1, -0.05) is 24.1 Å². The molecule has 4 heteroatoms. The molecule has 1 fully saturated rings. The first-order valence-electron chi connectivity index (χ1n) is 6.18. The zero-order valence-electron chi connectivity index (χ0n) is 10.3. The second kappa shape index (κ2) is 5.52. The Morgan fingerprint density at radius 2 is 2.05 bits per heavy atom. The molecule has 2 heterocycles. The first-order valence-corrected chi connectivity index (χ1v) is 6.99. The number of benzene rings is 1. The molecule has 2 nitrogen and oxygen atoms in total. The largest absolute Gasteiger partial charge is 0.292 e. The number of hydrogen-bond donors (Lipinski definition) is 0. The van der Waals surface area contributed by atoms with E-state index >= 15 is 0 Å². The van der Waals surface area contributed by atoms with Gasteiger partial charge in [-0.25, -0.2) is 9.37 Å². The minimum absolute atomic E-state index is 0.545. The Morgan fingerprint density at radius 1 is 1.26 bits per heavy atom. The third-order valence-electron chi connectivity index (χ3n) is 2.93. The van der Waals surface area contributed by atoms with Crippen molar-refractivity contribution in [1.29, 1.82) is 0 Å². The van der Waals surface area contributed by atoms with Crippen LogP contribution >= 0.6 is 11.3 Å². The van der Waals surface area contributed by atoms with Crippen molar-refractivity contribution in [3.05, 3.63) is 52.0 Å². The van der Waals surface area contributed by atoms with E-state index in [-0.39, 0.29) is 0 Å². The van der Waals surface area contributed by atoms with Gasteiger partial charge in [0.15, 0.2) is 5.01 Å². The smallest absolute Gasteiger partial charge is 0.167 e. The fourth-order valence-corrected chi connectivity index (χ4v) is 2.75. The molecule has 1 aromatic carbocycles. The number of halogens is 1. The molecule has 0 bridgehead atoms. The second-order valence-electron chi connectivity index (χ2n) is 4.54. The summed E-state index contributed by atoms with van der Waals surface area (Å²) in [6, 6.07) is 9.85. The van der Waals surface area contributed by atoms with Crippen molar-refractivity contribution in [3.63, 3.8) is 0 Å². The Morgan fingerprint density at radius 3 is 2.79 bits per heavy atom. The molecule has 2 aromatic rings. The predicted molar refractivity (Wildman–Crippen MR) is 74.7 cm³/mol. The standard InChI is InChI=1S/C15H13FN2S/c16-13-9-18(10-13)11-14-8-17-15(19-14)7-6-12-4-2-1-3-5-12/h1-5,8,13H,9-11H2. The van der Waals surface area contributed by atoms with Crippen LogP contribution in [0.5, 0.6) is 0 Å². The summed E-state index contributed by atoms with van der Waals surface area (Å²) in [5.41, 5.74) is 0.988. The number of hydrogen-bond acceptors (Lipinski definition) is 3. The topological polar surface area (TPSA) is 16.1 Å². The zero-order chi connectivity index (χ0) is 13.1. The average molecular weight is 272 g/mol. The number of nitrogens with zero attached hydrogens (tertiary/aromatic N) is 2. The van der Waals surface area contributed by atoms with E-state index in [9.17, 15) is 4.39 Å². The van der Waals surface area contributed by atoms with Gasteiger partial charge in [0.05, 0.1) is 0 Å². The van der Waals surface area contributed by atoms with Crippen LogP contribution in [0.15, 0.2) is 36.5 Å². The van der Waals surface area contributed by atoms with Crippen molar-refractivity contribution in [2.45, 2.75) is 12.7 Å². The second-order valence-corrected chi connectivity index (χ2v) is 5.65. The molecule has 1 saturated heterocycles. The van der Waals surface area contributed by atoms with E-state index in [1.54, 1.807) is 11.3 Å². The molecule has 0 atom stereocenters. The van der Waals surface area contributed by atoms with E-state index in [0.29, 0.717) is 13.1 Å². The molecule has 3 rings (SSSR count). The molecule has 0 aliphatic carbocycles. The molecule has 0 radical (unpaired) electrons. The summed E-state index contributed by atoms with van der Waals surface area (Å²) in [6.07, 6.45) is 1.19. The van der Waals surface area contributed by atoms with Crippen LogP contribution in [0.4, 0.5) is 4.39 Å². The number of rotatable bonds is 2. The molecule has 1 aliphatic heterocycles. The number of alkyl halides is 1. The van der Waals surface area contributed by atoms with Crippen LogP contribution in [0.2, 0.25) is 0 Å². The molecule has 0 saturated carbocycles. The first-order chi connectivity index (χ1) is 9.29. The van der Waals surface area contributed by atoms with Gasteiger partial charge >= 0.3 is 0 Å². The van der Waals surface area contributed by atoms with E-state index < -0.39 is 6.17 Å². The maximum Gasteiger partial charge on any atom is 0.167 e. The van der Waals surface area contributed by atoms with Gasteiger partial charge in [-0.2, -0.15) is 0 Å². The first kappa shape index (κ1) is 12.3. The molecule has 0 N–H and O–H groups in total. The summed E-state index contributed by atoms with van der Waals surface area (Å²) in [5.74, 6) is 6.15. The minimum Gasteiger partial charge on any atom is -0.292 e. The van der Waals surface area contributed by atoms with Crippen LogP contribution in [0.1, 0.15) is 15.4 Å². The molecule has 0 amide bonds. The predicted octanol–water partition coefficient (Wildman–Crippen LogP) is 2.70. The van der Waals surface area contributed by atoms with Gasteiger partial charge in [0.25, 0.3) is 0 Å². The zero-order valence-corrected chi connectivity index (χ0v) is 11.2.